The molecule has 160 valence electrons. The van der Waals surface area contributed by atoms with Crippen molar-refractivity contribution in [3.8, 4) is 0 Å². The van der Waals surface area contributed by atoms with Crippen LogP contribution in [-0.4, -0.2) is 30.6 Å². The number of ether oxygens (including phenoxy) is 1. The molecule has 1 aliphatic heterocycles. The number of hydrogen-bond acceptors (Lipinski definition) is 4. The highest BCUT2D eigenvalue weighted by atomic mass is 16.6. The van der Waals surface area contributed by atoms with Gasteiger partial charge in [-0.15, -0.1) is 0 Å². The van der Waals surface area contributed by atoms with Crippen LogP contribution < -0.4 is 10.6 Å². The molecular weight excluding hydrogens is 380 g/mol. The Morgan fingerprint density at radius 1 is 1.17 bits per heavy atom. The number of guanidine groups is 1. The highest BCUT2D eigenvalue weighted by Crippen LogP contribution is 2.33. The number of aliphatic imine (C=N–C) groups is 1. The molecule has 2 N–H and O–H groups in total. The predicted molar refractivity (Wildman–Crippen MR) is 119 cm³/mol. The smallest absolute Gasteiger partial charge is 0.269 e. The van der Waals surface area contributed by atoms with Gasteiger partial charge in [0.15, 0.2) is 5.96 Å². The fourth-order valence-electron chi connectivity index (χ4n) is 3.64. The molecule has 0 radical (unpaired) electrons. The van der Waals surface area contributed by atoms with Gasteiger partial charge in [-0.1, -0.05) is 42.0 Å². The second kappa shape index (κ2) is 10.7. The lowest BCUT2D eigenvalue weighted by Gasteiger charge is -2.32. The van der Waals surface area contributed by atoms with E-state index in [2.05, 4.69) is 46.8 Å². The first kappa shape index (κ1) is 21.8. The highest BCUT2D eigenvalue weighted by Gasteiger charge is 2.27. The number of benzene rings is 2. The molecule has 7 nitrogen and oxygen atoms in total. The number of nitro groups is 1. The molecule has 2 unspecified atom stereocenters. The largest absolute Gasteiger partial charge is 0.373 e. The van der Waals surface area contributed by atoms with Gasteiger partial charge in [-0.25, -0.2) is 4.99 Å². The molecule has 1 saturated heterocycles. The van der Waals surface area contributed by atoms with E-state index < -0.39 is 4.92 Å². The van der Waals surface area contributed by atoms with Crippen molar-refractivity contribution in [2.75, 3.05) is 19.7 Å². The first-order valence-electron chi connectivity index (χ1n) is 10.5. The summed E-state index contributed by atoms with van der Waals surface area (Å²) >= 11 is 0. The van der Waals surface area contributed by atoms with Gasteiger partial charge in [0, 0.05) is 37.7 Å². The van der Waals surface area contributed by atoms with Crippen LogP contribution in [-0.2, 0) is 11.3 Å². The predicted octanol–water partition coefficient (Wildman–Crippen LogP) is 4.13. The maximum atomic E-state index is 10.8. The molecule has 1 aliphatic rings. The zero-order valence-electron chi connectivity index (χ0n) is 17.6. The molecule has 1 fully saturated rings. The molecule has 2 atom stereocenters. The van der Waals surface area contributed by atoms with Gasteiger partial charge in [0.1, 0.15) is 0 Å². The van der Waals surface area contributed by atoms with Crippen molar-refractivity contribution >= 4 is 11.6 Å². The Kier molecular flexibility index (Phi) is 7.79. The second-order valence-corrected chi connectivity index (χ2v) is 7.60. The van der Waals surface area contributed by atoms with Gasteiger partial charge in [0.05, 0.1) is 17.6 Å². The van der Waals surface area contributed by atoms with E-state index in [1.807, 2.05) is 6.92 Å². The molecule has 0 spiro atoms. The summed E-state index contributed by atoms with van der Waals surface area (Å²) in [6.07, 6.45) is 2.25. The van der Waals surface area contributed by atoms with Crippen molar-refractivity contribution in [2.24, 2.45) is 10.9 Å². The number of nitrogens with zero attached hydrogens (tertiary/aromatic N) is 2. The van der Waals surface area contributed by atoms with Crippen LogP contribution in [0, 0.1) is 23.0 Å². The zero-order chi connectivity index (χ0) is 21.3. The molecule has 2 aromatic carbocycles. The molecule has 0 bridgehead atoms. The number of non-ortho nitro benzene ring substituents is 1. The lowest BCUT2D eigenvalue weighted by molar-refractivity contribution is -0.384. The van der Waals surface area contributed by atoms with Gasteiger partial charge in [-0.3, -0.25) is 10.1 Å². The summed E-state index contributed by atoms with van der Waals surface area (Å²) in [5.74, 6) is 1.11. The normalized spacial score (nSPS) is 19.3. The summed E-state index contributed by atoms with van der Waals surface area (Å²) in [5, 5.41) is 17.5. The van der Waals surface area contributed by atoms with Crippen LogP contribution in [0.5, 0.6) is 0 Å². The standard InChI is InChI=1S/C23H30N4O3/c1-3-24-23(25-15-18-8-12-21(13-9-18)27(28)29)26-16-20-5-4-14-30-22(20)19-10-6-17(2)7-11-19/h6-13,20,22H,3-5,14-16H2,1-2H3,(H2,24,25,26). The number of rotatable bonds is 7. The van der Waals surface area contributed by atoms with E-state index in [1.165, 1.54) is 23.3 Å². The first-order valence-corrected chi connectivity index (χ1v) is 10.5. The minimum Gasteiger partial charge on any atom is -0.373 e. The van der Waals surface area contributed by atoms with E-state index in [-0.39, 0.29) is 11.8 Å². The molecule has 0 saturated carbocycles. The summed E-state index contributed by atoms with van der Waals surface area (Å²) in [6.45, 7) is 6.90. The van der Waals surface area contributed by atoms with Crippen LogP contribution in [0.3, 0.4) is 0 Å². The summed E-state index contributed by atoms with van der Waals surface area (Å²) in [4.78, 5) is 15.0. The summed E-state index contributed by atoms with van der Waals surface area (Å²) in [7, 11) is 0. The van der Waals surface area contributed by atoms with Gasteiger partial charge in [-0.2, -0.15) is 0 Å². The monoisotopic (exact) mass is 410 g/mol. The molecule has 0 aliphatic carbocycles. The maximum Gasteiger partial charge on any atom is 0.269 e. The first-order chi connectivity index (χ1) is 14.6. The zero-order valence-corrected chi connectivity index (χ0v) is 17.6. The third kappa shape index (κ3) is 6.03. The molecule has 1 heterocycles. The van der Waals surface area contributed by atoms with Crippen LogP contribution in [0.15, 0.2) is 53.5 Å². The van der Waals surface area contributed by atoms with E-state index in [9.17, 15) is 10.1 Å². The molecule has 2 aromatic rings. The molecule has 3 rings (SSSR count). The molecular formula is C23H30N4O3. The van der Waals surface area contributed by atoms with Crippen molar-refractivity contribution in [3.05, 3.63) is 75.3 Å². The SMILES string of the molecule is CCNC(=NCc1ccc([N+](=O)[O-])cc1)NCC1CCCOC1c1ccc(C)cc1. The fourth-order valence-corrected chi connectivity index (χ4v) is 3.64. The number of nitrogens with one attached hydrogen (secondary N) is 2. The second-order valence-electron chi connectivity index (χ2n) is 7.60. The topological polar surface area (TPSA) is 88.8 Å². The Bertz CT molecular complexity index is 850. The number of aryl methyl sites for hydroxylation is 1. The van der Waals surface area contributed by atoms with Crippen molar-refractivity contribution in [1.29, 1.82) is 0 Å². The molecule has 0 amide bonds. The van der Waals surface area contributed by atoms with Crippen molar-refractivity contribution in [1.82, 2.24) is 10.6 Å². The van der Waals surface area contributed by atoms with Gasteiger partial charge in [0.2, 0.25) is 0 Å². The van der Waals surface area contributed by atoms with Crippen LogP contribution in [0.2, 0.25) is 0 Å². The quantitative estimate of drug-likeness (QED) is 0.310. The minimum atomic E-state index is -0.393. The van der Waals surface area contributed by atoms with Crippen molar-refractivity contribution in [2.45, 2.75) is 39.3 Å². The maximum absolute atomic E-state index is 10.8. The third-order valence-corrected chi connectivity index (χ3v) is 5.29. The average molecular weight is 411 g/mol. The van der Waals surface area contributed by atoms with Crippen molar-refractivity contribution in [3.63, 3.8) is 0 Å². The Morgan fingerprint density at radius 2 is 1.90 bits per heavy atom. The minimum absolute atomic E-state index is 0.0874. The van der Waals surface area contributed by atoms with Crippen LogP contribution >= 0.6 is 0 Å². The number of nitro benzene ring substituents is 1. The van der Waals surface area contributed by atoms with Crippen LogP contribution in [0.4, 0.5) is 5.69 Å². The van der Waals surface area contributed by atoms with Gasteiger partial charge in [0.25, 0.3) is 5.69 Å². The molecule has 7 heteroatoms. The van der Waals surface area contributed by atoms with E-state index in [4.69, 9.17) is 4.74 Å². The summed E-state index contributed by atoms with van der Waals surface area (Å²) in [5.41, 5.74) is 3.49. The fraction of sp³-hybridized carbons (Fsp3) is 0.435. The van der Waals surface area contributed by atoms with E-state index >= 15 is 0 Å². The average Bonchev–Trinajstić information content (AvgIpc) is 2.77. The van der Waals surface area contributed by atoms with Gasteiger partial charge >= 0.3 is 0 Å². The Hall–Kier alpha value is -2.93. The van der Waals surface area contributed by atoms with Gasteiger partial charge < -0.3 is 15.4 Å². The van der Waals surface area contributed by atoms with E-state index in [0.29, 0.717) is 12.5 Å². The number of hydrogen-bond donors (Lipinski definition) is 2. The van der Waals surface area contributed by atoms with Crippen molar-refractivity contribution < 1.29 is 9.66 Å². The van der Waals surface area contributed by atoms with E-state index in [0.717, 1.165) is 44.1 Å². The summed E-state index contributed by atoms with van der Waals surface area (Å²) < 4.78 is 6.11. The third-order valence-electron chi connectivity index (χ3n) is 5.29. The lowest BCUT2D eigenvalue weighted by Crippen LogP contribution is -2.42. The van der Waals surface area contributed by atoms with Gasteiger partial charge in [-0.05, 0) is 37.8 Å². The molecule has 30 heavy (non-hydrogen) atoms. The van der Waals surface area contributed by atoms with Crippen LogP contribution in [0.1, 0.15) is 42.6 Å². The Morgan fingerprint density at radius 3 is 2.57 bits per heavy atom. The summed E-state index contributed by atoms with van der Waals surface area (Å²) in [6, 6.07) is 15.1. The Labute approximate surface area is 177 Å². The highest BCUT2D eigenvalue weighted by molar-refractivity contribution is 5.79. The van der Waals surface area contributed by atoms with Crippen LogP contribution in [0.25, 0.3) is 0 Å². The molecule has 0 aromatic heterocycles. The Balaban J connectivity index is 1.62. The van der Waals surface area contributed by atoms with E-state index in [1.54, 1.807) is 12.1 Å². The lowest BCUT2D eigenvalue weighted by atomic mass is 9.89.